The van der Waals surface area contributed by atoms with Crippen molar-refractivity contribution >= 4 is 60.8 Å². The molecule has 1 aromatic carbocycles. The quantitative estimate of drug-likeness (QED) is 0.514. The molecule has 120 valence electrons. The number of nitrogens with zero attached hydrogens (tertiary/aromatic N) is 2. The van der Waals surface area contributed by atoms with Gasteiger partial charge in [0.2, 0.25) is 5.13 Å². The van der Waals surface area contributed by atoms with Gasteiger partial charge in [-0.2, -0.15) is 0 Å². The van der Waals surface area contributed by atoms with E-state index in [2.05, 4.69) is 14.9 Å². The number of ether oxygens (including phenoxy) is 1. The molecule has 0 spiro atoms. The predicted molar refractivity (Wildman–Crippen MR) is 97.4 cm³/mol. The monoisotopic (exact) mass is 471 g/mol. The highest BCUT2D eigenvalue weighted by Crippen LogP contribution is 2.30. The number of anilines is 1. The number of methoxy groups -OCH3 is 1. The van der Waals surface area contributed by atoms with E-state index >= 15 is 0 Å². The second kappa shape index (κ2) is 7.32. The maximum Gasteiger partial charge on any atom is 0.263 e. The lowest BCUT2D eigenvalue weighted by molar-refractivity contribution is 0.411. The summed E-state index contributed by atoms with van der Waals surface area (Å²) >= 11 is 4.79. The van der Waals surface area contributed by atoms with Gasteiger partial charge in [0.15, 0.2) is 4.34 Å². The fraction of sp³-hybridized carbons (Fsp3) is 0.333. The Morgan fingerprint density at radius 1 is 1.36 bits per heavy atom. The third kappa shape index (κ3) is 4.46. The number of nitrogens with one attached hydrogen (secondary N) is 1. The molecule has 1 heterocycles. The second-order valence-electron chi connectivity index (χ2n) is 4.44. The van der Waals surface area contributed by atoms with Gasteiger partial charge in [-0.15, -0.1) is 10.2 Å². The van der Waals surface area contributed by atoms with Gasteiger partial charge in [-0.05, 0) is 40.8 Å². The highest BCUT2D eigenvalue weighted by Gasteiger charge is 2.18. The van der Waals surface area contributed by atoms with Gasteiger partial charge in [0.05, 0.1) is 15.6 Å². The van der Waals surface area contributed by atoms with Crippen LogP contribution in [0.1, 0.15) is 13.8 Å². The summed E-state index contributed by atoms with van der Waals surface area (Å²) in [4.78, 5) is 0.158. The molecule has 0 aliphatic rings. The molecule has 0 saturated carbocycles. The van der Waals surface area contributed by atoms with Crippen LogP contribution in [0.5, 0.6) is 5.75 Å². The number of benzene rings is 1. The zero-order valence-corrected chi connectivity index (χ0v) is 16.6. The summed E-state index contributed by atoms with van der Waals surface area (Å²) in [5.74, 6) is 0.631. The van der Waals surface area contributed by atoms with E-state index in [0.29, 0.717) is 11.0 Å². The molecule has 0 aliphatic heterocycles. The smallest absolute Gasteiger partial charge is 0.263 e. The van der Waals surface area contributed by atoms with Crippen molar-refractivity contribution in [3.63, 3.8) is 0 Å². The molecule has 0 saturated heterocycles. The first kappa shape index (κ1) is 17.8. The van der Waals surface area contributed by atoms with E-state index in [4.69, 9.17) is 4.74 Å². The van der Waals surface area contributed by atoms with Crippen molar-refractivity contribution in [3.8, 4) is 5.75 Å². The molecule has 0 amide bonds. The lowest BCUT2D eigenvalue weighted by Gasteiger charge is -2.07. The van der Waals surface area contributed by atoms with Crippen molar-refractivity contribution in [2.24, 2.45) is 0 Å². The van der Waals surface area contributed by atoms with Crippen molar-refractivity contribution in [1.29, 1.82) is 0 Å². The minimum atomic E-state index is -3.69. The summed E-state index contributed by atoms with van der Waals surface area (Å²) in [5, 5.41) is 8.45. The molecule has 2 rings (SSSR count). The van der Waals surface area contributed by atoms with Crippen LogP contribution in [-0.2, 0) is 10.0 Å². The lowest BCUT2D eigenvalue weighted by atomic mass is 10.3. The highest BCUT2D eigenvalue weighted by molar-refractivity contribution is 14.1. The molecule has 0 aliphatic carbocycles. The molecule has 0 unspecified atom stereocenters. The summed E-state index contributed by atoms with van der Waals surface area (Å²) in [6.07, 6.45) is 0. The Bertz CT molecular complexity index is 762. The van der Waals surface area contributed by atoms with E-state index in [1.165, 1.54) is 17.4 Å². The van der Waals surface area contributed by atoms with Crippen LogP contribution in [0.3, 0.4) is 0 Å². The van der Waals surface area contributed by atoms with Crippen LogP contribution < -0.4 is 9.46 Å². The first-order valence-electron chi connectivity index (χ1n) is 6.18. The maximum atomic E-state index is 12.4. The van der Waals surface area contributed by atoms with E-state index in [1.54, 1.807) is 31.0 Å². The molecule has 1 N–H and O–H groups in total. The average molecular weight is 471 g/mol. The van der Waals surface area contributed by atoms with Crippen LogP contribution in [0.15, 0.2) is 27.4 Å². The summed E-state index contributed by atoms with van der Waals surface area (Å²) < 4.78 is 33.8. The van der Waals surface area contributed by atoms with Gasteiger partial charge >= 0.3 is 0 Å². The van der Waals surface area contributed by atoms with Gasteiger partial charge in [-0.25, -0.2) is 8.42 Å². The zero-order chi connectivity index (χ0) is 16.3. The number of sulfonamides is 1. The number of rotatable bonds is 6. The van der Waals surface area contributed by atoms with E-state index in [0.717, 1.165) is 7.91 Å². The van der Waals surface area contributed by atoms with Crippen LogP contribution in [0.2, 0.25) is 0 Å². The van der Waals surface area contributed by atoms with Crippen LogP contribution in [0.4, 0.5) is 5.13 Å². The van der Waals surface area contributed by atoms with Crippen LogP contribution in [-0.4, -0.2) is 31.0 Å². The minimum absolute atomic E-state index is 0.158. The van der Waals surface area contributed by atoms with Crippen molar-refractivity contribution in [3.05, 3.63) is 21.8 Å². The molecule has 0 radical (unpaired) electrons. The van der Waals surface area contributed by atoms with Gasteiger partial charge in [-0.1, -0.05) is 36.9 Å². The van der Waals surface area contributed by atoms with E-state index in [1.807, 2.05) is 36.4 Å². The molecule has 1 aromatic heterocycles. The molecule has 6 nitrogen and oxygen atoms in total. The van der Waals surface area contributed by atoms with Crippen molar-refractivity contribution in [1.82, 2.24) is 10.2 Å². The summed E-state index contributed by atoms with van der Waals surface area (Å²) in [5.41, 5.74) is 0. The van der Waals surface area contributed by atoms with Gasteiger partial charge < -0.3 is 4.74 Å². The summed E-state index contributed by atoms with van der Waals surface area (Å²) in [6, 6.07) is 4.66. The fourth-order valence-corrected chi connectivity index (χ4v) is 5.67. The number of hydrogen-bond acceptors (Lipinski definition) is 7. The molecule has 0 atom stereocenters. The van der Waals surface area contributed by atoms with Crippen molar-refractivity contribution in [2.45, 2.75) is 28.3 Å². The van der Waals surface area contributed by atoms with E-state index in [9.17, 15) is 8.42 Å². The topological polar surface area (TPSA) is 81.2 Å². The molecular formula is C12H14IN3O3S3. The predicted octanol–water partition coefficient (Wildman–Crippen LogP) is 3.45. The molecular weight excluding hydrogens is 457 g/mol. The van der Waals surface area contributed by atoms with Crippen LogP contribution >= 0.6 is 45.7 Å². The maximum absolute atomic E-state index is 12.4. The number of aromatic nitrogens is 2. The average Bonchev–Trinajstić information content (AvgIpc) is 2.84. The third-order valence-electron chi connectivity index (χ3n) is 2.40. The van der Waals surface area contributed by atoms with Gasteiger partial charge in [0, 0.05) is 5.25 Å². The summed E-state index contributed by atoms with van der Waals surface area (Å²) in [6.45, 7) is 4.07. The molecule has 22 heavy (non-hydrogen) atoms. The first-order chi connectivity index (χ1) is 10.3. The Morgan fingerprint density at radius 3 is 2.68 bits per heavy atom. The number of hydrogen-bond donors (Lipinski definition) is 1. The Labute approximate surface area is 151 Å². The third-order valence-corrected chi connectivity index (χ3v) is 6.63. The largest absolute Gasteiger partial charge is 0.496 e. The van der Waals surface area contributed by atoms with Crippen LogP contribution in [0, 0.1) is 3.57 Å². The van der Waals surface area contributed by atoms with E-state index in [-0.39, 0.29) is 10.0 Å². The first-order valence-corrected chi connectivity index (χ1v) is 10.4. The Kier molecular flexibility index (Phi) is 5.91. The Morgan fingerprint density at radius 2 is 2.09 bits per heavy atom. The minimum Gasteiger partial charge on any atom is -0.496 e. The molecule has 0 fully saturated rings. The fourth-order valence-electron chi connectivity index (χ4n) is 1.49. The molecule has 2 aromatic rings. The van der Waals surface area contributed by atoms with Gasteiger partial charge in [-0.3, -0.25) is 4.72 Å². The Balaban J connectivity index is 2.20. The standard InChI is InChI=1S/C12H14IN3O3S3/c1-7(2)20-12-15-14-11(21-12)16-22(17,18)8-4-5-10(19-3)9(13)6-8/h4-7H,1-3H3,(H,14,16). The lowest BCUT2D eigenvalue weighted by Crippen LogP contribution is -2.13. The SMILES string of the molecule is COc1ccc(S(=O)(=O)Nc2nnc(SC(C)C)s2)cc1I. The number of thioether (sulfide) groups is 1. The molecule has 0 bridgehead atoms. The van der Waals surface area contributed by atoms with Gasteiger partial charge in [0.1, 0.15) is 5.75 Å². The van der Waals surface area contributed by atoms with Crippen LogP contribution in [0.25, 0.3) is 0 Å². The Hall–Kier alpha value is -0.590. The van der Waals surface area contributed by atoms with Crippen molar-refractivity contribution in [2.75, 3.05) is 11.8 Å². The van der Waals surface area contributed by atoms with Crippen molar-refractivity contribution < 1.29 is 13.2 Å². The summed E-state index contributed by atoms with van der Waals surface area (Å²) in [7, 11) is -2.15. The second-order valence-corrected chi connectivity index (χ2v) is 10.1. The molecule has 10 heteroatoms. The van der Waals surface area contributed by atoms with E-state index < -0.39 is 10.0 Å². The van der Waals surface area contributed by atoms with Gasteiger partial charge in [0.25, 0.3) is 10.0 Å². The normalized spacial score (nSPS) is 11.7. The zero-order valence-electron chi connectivity index (χ0n) is 12.0. The highest BCUT2D eigenvalue weighted by atomic mass is 127. The number of halogens is 1.